The van der Waals surface area contributed by atoms with Crippen LogP contribution in [0.2, 0.25) is 0 Å². The standard InChI is InChI=1S/C20H22FNO3/c1-25-17-8-3-5-14(12-17)18-9-4-10-22(18)20(24)13-19(23)15-6-2-7-16(21)11-15/h2-3,5-8,11-12,18-19,23H,4,9-10,13H2,1H3. The molecule has 4 nitrogen and oxygen atoms in total. The molecule has 1 fully saturated rings. The third-order valence-electron chi connectivity index (χ3n) is 4.65. The van der Waals surface area contributed by atoms with Gasteiger partial charge in [0.15, 0.2) is 0 Å². The van der Waals surface area contributed by atoms with E-state index in [1.165, 1.54) is 18.2 Å². The van der Waals surface area contributed by atoms with Crippen molar-refractivity contribution in [3.05, 3.63) is 65.5 Å². The summed E-state index contributed by atoms with van der Waals surface area (Å²) in [6.45, 7) is 0.663. The number of amides is 1. The molecule has 132 valence electrons. The Morgan fingerprint density at radius 1 is 1.32 bits per heavy atom. The number of nitrogens with zero attached hydrogens (tertiary/aromatic N) is 1. The van der Waals surface area contributed by atoms with Crippen molar-refractivity contribution in [2.75, 3.05) is 13.7 Å². The van der Waals surface area contributed by atoms with E-state index in [0.29, 0.717) is 12.1 Å². The lowest BCUT2D eigenvalue weighted by Gasteiger charge is -2.26. The van der Waals surface area contributed by atoms with E-state index in [-0.39, 0.29) is 18.4 Å². The summed E-state index contributed by atoms with van der Waals surface area (Å²) in [5, 5.41) is 10.3. The van der Waals surface area contributed by atoms with Gasteiger partial charge in [-0.2, -0.15) is 0 Å². The molecule has 0 radical (unpaired) electrons. The molecule has 2 aromatic rings. The minimum Gasteiger partial charge on any atom is -0.497 e. The lowest BCUT2D eigenvalue weighted by atomic mass is 10.0. The van der Waals surface area contributed by atoms with Crippen molar-refractivity contribution < 1.29 is 19.0 Å². The number of ether oxygens (including phenoxy) is 1. The first-order valence-electron chi connectivity index (χ1n) is 8.45. The molecule has 1 heterocycles. The molecule has 25 heavy (non-hydrogen) atoms. The highest BCUT2D eigenvalue weighted by atomic mass is 19.1. The van der Waals surface area contributed by atoms with Crippen LogP contribution >= 0.6 is 0 Å². The summed E-state index contributed by atoms with van der Waals surface area (Å²) >= 11 is 0. The Labute approximate surface area is 146 Å². The first-order valence-corrected chi connectivity index (χ1v) is 8.45. The van der Waals surface area contributed by atoms with Crippen LogP contribution in [-0.4, -0.2) is 29.6 Å². The molecule has 2 aromatic carbocycles. The van der Waals surface area contributed by atoms with E-state index in [9.17, 15) is 14.3 Å². The number of hydrogen-bond donors (Lipinski definition) is 1. The highest BCUT2D eigenvalue weighted by Gasteiger charge is 2.31. The molecule has 0 spiro atoms. The Morgan fingerprint density at radius 3 is 2.88 bits per heavy atom. The SMILES string of the molecule is COc1cccc(C2CCCN2C(=O)CC(O)c2cccc(F)c2)c1. The molecule has 0 aromatic heterocycles. The van der Waals surface area contributed by atoms with Gasteiger partial charge >= 0.3 is 0 Å². The van der Waals surface area contributed by atoms with Crippen molar-refractivity contribution >= 4 is 5.91 Å². The summed E-state index contributed by atoms with van der Waals surface area (Å²) in [7, 11) is 1.62. The normalized spacial score (nSPS) is 18.2. The molecule has 2 unspecified atom stereocenters. The maximum Gasteiger partial charge on any atom is 0.226 e. The number of likely N-dealkylation sites (tertiary alicyclic amines) is 1. The van der Waals surface area contributed by atoms with Crippen molar-refractivity contribution in [1.82, 2.24) is 4.90 Å². The smallest absolute Gasteiger partial charge is 0.226 e. The number of aliphatic hydroxyl groups is 1. The van der Waals surface area contributed by atoms with Crippen LogP contribution < -0.4 is 4.74 Å². The van der Waals surface area contributed by atoms with Gasteiger partial charge in [0.1, 0.15) is 11.6 Å². The van der Waals surface area contributed by atoms with E-state index in [2.05, 4.69) is 0 Å². The maximum atomic E-state index is 13.3. The first-order chi connectivity index (χ1) is 12.1. The molecular formula is C20H22FNO3. The van der Waals surface area contributed by atoms with Gasteiger partial charge in [-0.05, 0) is 48.2 Å². The number of aliphatic hydroxyl groups excluding tert-OH is 1. The molecule has 0 saturated carbocycles. The van der Waals surface area contributed by atoms with Gasteiger partial charge < -0.3 is 14.7 Å². The minimum absolute atomic E-state index is 0.0118. The first kappa shape index (κ1) is 17.4. The largest absolute Gasteiger partial charge is 0.497 e. The van der Waals surface area contributed by atoms with Gasteiger partial charge in [0.2, 0.25) is 5.91 Å². The molecule has 0 aliphatic carbocycles. The summed E-state index contributed by atoms with van der Waals surface area (Å²) in [5.74, 6) is 0.220. The zero-order valence-corrected chi connectivity index (χ0v) is 14.2. The summed E-state index contributed by atoms with van der Waals surface area (Å²) in [6.07, 6.45) is 0.748. The second-order valence-corrected chi connectivity index (χ2v) is 6.30. The molecule has 5 heteroatoms. The van der Waals surface area contributed by atoms with Crippen LogP contribution in [0.4, 0.5) is 4.39 Å². The van der Waals surface area contributed by atoms with E-state index < -0.39 is 11.9 Å². The second-order valence-electron chi connectivity index (χ2n) is 6.30. The second kappa shape index (κ2) is 7.66. The number of benzene rings is 2. The molecule has 1 N–H and O–H groups in total. The van der Waals surface area contributed by atoms with Crippen LogP contribution in [0.3, 0.4) is 0 Å². The third kappa shape index (κ3) is 3.99. The van der Waals surface area contributed by atoms with E-state index >= 15 is 0 Å². The van der Waals surface area contributed by atoms with Crippen LogP contribution in [0.1, 0.15) is 42.5 Å². The number of carbonyl (C=O) groups is 1. The fourth-order valence-electron chi connectivity index (χ4n) is 3.37. The maximum absolute atomic E-state index is 13.3. The van der Waals surface area contributed by atoms with Gasteiger partial charge in [-0.3, -0.25) is 4.79 Å². The summed E-state index contributed by atoms with van der Waals surface area (Å²) in [4.78, 5) is 14.5. The predicted molar refractivity (Wildman–Crippen MR) is 92.7 cm³/mol. The van der Waals surface area contributed by atoms with Crippen LogP contribution in [0.5, 0.6) is 5.75 Å². The Bertz CT molecular complexity index is 749. The average molecular weight is 343 g/mol. The Morgan fingerprint density at radius 2 is 2.12 bits per heavy atom. The molecular weight excluding hydrogens is 321 g/mol. The quantitative estimate of drug-likeness (QED) is 0.902. The average Bonchev–Trinajstić information content (AvgIpc) is 3.11. The number of halogens is 1. The van der Waals surface area contributed by atoms with E-state index in [1.807, 2.05) is 24.3 Å². The number of methoxy groups -OCH3 is 1. The fourth-order valence-corrected chi connectivity index (χ4v) is 3.37. The van der Waals surface area contributed by atoms with Crippen LogP contribution in [0.25, 0.3) is 0 Å². The Kier molecular flexibility index (Phi) is 5.34. The van der Waals surface area contributed by atoms with Crippen molar-refractivity contribution in [2.45, 2.75) is 31.4 Å². The van der Waals surface area contributed by atoms with Gasteiger partial charge in [-0.15, -0.1) is 0 Å². The monoisotopic (exact) mass is 343 g/mol. The zero-order chi connectivity index (χ0) is 17.8. The molecule has 3 rings (SSSR count). The van der Waals surface area contributed by atoms with Gasteiger partial charge in [0.05, 0.1) is 25.7 Å². The van der Waals surface area contributed by atoms with Gasteiger partial charge in [-0.25, -0.2) is 4.39 Å². The van der Waals surface area contributed by atoms with Gasteiger partial charge in [0.25, 0.3) is 0 Å². The topological polar surface area (TPSA) is 49.8 Å². The third-order valence-corrected chi connectivity index (χ3v) is 4.65. The Balaban J connectivity index is 1.72. The summed E-state index contributed by atoms with van der Waals surface area (Å²) in [5.41, 5.74) is 1.45. The van der Waals surface area contributed by atoms with Gasteiger partial charge in [0, 0.05) is 6.54 Å². The summed E-state index contributed by atoms with van der Waals surface area (Å²) < 4.78 is 18.6. The Hall–Kier alpha value is -2.40. The van der Waals surface area contributed by atoms with E-state index in [4.69, 9.17) is 4.74 Å². The molecule has 1 saturated heterocycles. The van der Waals surface area contributed by atoms with Crippen molar-refractivity contribution in [2.24, 2.45) is 0 Å². The highest BCUT2D eigenvalue weighted by molar-refractivity contribution is 5.77. The predicted octanol–water partition coefficient (Wildman–Crippen LogP) is 3.62. The van der Waals surface area contributed by atoms with Crippen LogP contribution in [-0.2, 0) is 4.79 Å². The van der Waals surface area contributed by atoms with E-state index in [1.54, 1.807) is 18.1 Å². The lowest BCUT2D eigenvalue weighted by molar-refractivity contribution is -0.134. The molecule has 1 aliphatic rings. The number of carbonyl (C=O) groups excluding carboxylic acids is 1. The molecule has 1 amide bonds. The highest BCUT2D eigenvalue weighted by Crippen LogP contribution is 2.34. The number of hydrogen-bond acceptors (Lipinski definition) is 3. The van der Waals surface area contributed by atoms with Crippen molar-refractivity contribution in [3.63, 3.8) is 0 Å². The minimum atomic E-state index is -1.00. The van der Waals surface area contributed by atoms with Crippen LogP contribution in [0, 0.1) is 5.82 Å². The van der Waals surface area contributed by atoms with E-state index in [0.717, 1.165) is 24.2 Å². The lowest BCUT2D eigenvalue weighted by Crippen LogP contribution is -2.31. The van der Waals surface area contributed by atoms with Gasteiger partial charge in [-0.1, -0.05) is 24.3 Å². The fraction of sp³-hybridized carbons (Fsp3) is 0.350. The molecule has 0 bridgehead atoms. The van der Waals surface area contributed by atoms with Crippen molar-refractivity contribution in [3.8, 4) is 5.75 Å². The van der Waals surface area contributed by atoms with Crippen LogP contribution in [0.15, 0.2) is 48.5 Å². The molecule has 2 atom stereocenters. The summed E-state index contributed by atoms with van der Waals surface area (Å²) in [6, 6.07) is 13.5. The number of rotatable bonds is 5. The molecule has 1 aliphatic heterocycles. The zero-order valence-electron chi connectivity index (χ0n) is 14.2. The van der Waals surface area contributed by atoms with Crippen molar-refractivity contribution in [1.29, 1.82) is 0 Å².